The van der Waals surface area contributed by atoms with E-state index in [0.717, 1.165) is 0 Å². The number of hydrogen-bond donors (Lipinski definition) is 1. The van der Waals surface area contributed by atoms with Crippen LogP contribution >= 0.6 is 23.2 Å². The van der Waals surface area contributed by atoms with E-state index in [1.807, 2.05) is 0 Å². The molecule has 0 radical (unpaired) electrons. The quantitative estimate of drug-likeness (QED) is 0.867. The van der Waals surface area contributed by atoms with Crippen LogP contribution in [0.25, 0.3) is 0 Å². The molecule has 0 atom stereocenters. The number of carbonyl (C=O) groups excluding carboxylic acids is 1. The fourth-order valence-electron chi connectivity index (χ4n) is 1.91. The molecule has 0 aromatic heterocycles. The zero-order valence-electron chi connectivity index (χ0n) is 11.2. The van der Waals surface area contributed by atoms with Crippen molar-refractivity contribution < 1.29 is 9.18 Å². The molecular weight excluding hydrogens is 314 g/mol. The van der Waals surface area contributed by atoms with Crippen LogP contribution in [0.2, 0.25) is 10.0 Å². The second-order valence-corrected chi connectivity index (χ2v) is 5.46. The summed E-state index contributed by atoms with van der Waals surface area (Å²) in [6.45, 7) is 0.274. The lowest BCUT2D eigenvalue weighted by Crippen LogP contribution is -2.26. The molecule has 1 amide bonds. The van der Waals surface area contributed by atoms with E-state index in [4.69, 9.17) is 28.9 Å². The summed E-state index contributed by atoms with van der Waals surface area (Å²) >= 11 is 11.8. The van der Waals surface area contributed by atoms with Crippen LogP contribution in [0.15, 0.2) is 36.4 Å². The van der Waals surface area contributed by atoms with E-state index in [0.29, 0.717) is 11.1 Å². The van der Waals surface area contributed by atoms with E-state index >= 15 is 0 Å². The molecule has 2 aromatic carbocycles. The minimum atomic E-state index is -0.341. The zero-order chi connectivity index (χ0) is 15.6. The van der Waals surface area contributed by atoms with Crippen LogP contribution in [-0.2, 0) is 6.54 Å². The van der Waals surface area contributed by atoms with Gasteiger partial charge in [-0.25, -0.2) is 4.39 Å². The molecule has 2 N–H and O–H groups in total. The predicted octanol–water partition coefficient (Wildman–Crippen LogP) is 3.99. The van der Waals surface area contributed by atoms with Gasteiger partial charge in [-0.05, 0) is 29.8 Å². The third-order valence-corrected chi connectivity index (χ3v) is 3.61. The number of nitrogen functional groups attached to an aromatic ring is 1. The summed E-state index contributed by atoms with van der Waals surface area (Å²) in [5.41, 5.74) is 6.90. The van der Waals surface area contributed by atoms with Crippen LogP contribution in [-0.4, -0.2) is 17.9 Å². The lowest BCUT2D eigenvalue weighted by molar-refractivity contribution is 0.0785. The largest absolute Gasteiger partial charge is 0.396 e. The molecule has 0 saturated carbocycles. The van der Waals surface area contributed by atoms with Crippen molar-refractivity contribution in [3.05, 3.63) is 63.4 Å². The third-order valence-electron chi connectivity index (χ3n) is 2.98. The minimum absolute atomic E-state index is 0.227. The fourth-order valence-corrected chi connectivity index (χ4v) is 2.40. The molecule has 0 heterocycles. The van der Waals surface area contributed by atoms with Crippen LogP contribution < -0.4 is 5.73 Å². The molecule has 2 rings (SSSR count). The highest BCUT2D eigenvalue weighted by Gasteiger charge is 2.15. The number of nitrogens with zero attached hydrogens (tertiary/aromatic N) is 1. The molecule has 0 bridgehead atoms. The number of halogens is 3. The number of anilines is 1. The van der Waals surface area contributed by atoms with E-state index in [1.165, 1.54) is 29.2 Å². The van der Waals surface area contributed by atoms with Gasteiger partial charge >= 0.3 is 0 Å². The lowest BCUT2D eigenvalue weighted by atomic mass is 10.1. The molecule has 2 aromatic rings. The van der Waals surface area contributed by atoms with Gasteiger partial charge in [-0.15, -0.1) is 0 Å². The first-order valence-corrected chi connectivity index (χ1v) is 6.88. The second-order valence-electron chi connectivity index (χ2n) is 4.64. The smallest absolute Gasteiger partial charge is 0.254 e. The number of hydrogen-bond acceptors (Lipinski definition) is 2. The Hall–Kier alpha value is -1.78. The monoisotopic (exact) mass is 326 g/mol. The van der Waals surface area contributed by atoms with Crippen molar-refractivity contribution in [1.29, 1.82) is 0 Å². The molecule has 110 valence electrons. The molecular formula is C15H13Cl2FN2O. The minimum Gasteiger partial charge on any atom is -0.396 e. The van der Waals surface area contributed by atoms with Crippen molar-refractivity contribution >= 4 is 34.8 Å². The van der Waals surface area contributed by atoms with Gasteiger partial charge in [0, 0.05) is 19.2 Å². The number of nitrogens with two attached hydrogens (primary N) is 1. The maximum Gasteiger partial charge on any atom is 0.254 e. The van der Waals surface area contributed by atoms with Crippen LogP contribution in [0.1, 0.15) is 15.9 Å². The fraction of sp³-hybridized carbons (Fsp3) is 0.133. The molecule has 21 heavy (non-hydrogen) atoms. The SMILES string of the molecule is CN(Cc1cccc(F)c1)C(=O)c1cc(Cl)c(N)c(Cl)c1. The van der Waals surface area contributed by atoms with E-state index in [9.17, 15) is 9.18 Å². The Bertz CT molecular complexity index is 668. The van der Waals surface area contributed by atoms with Gasteiger partial charge in [-0.1, -0.05) is 35.3 Å². The first kappa shape index (κ1) is 15.6. The van der Waals surface area contributed by atoms with Crippen molar-refractivity contribution in [2.45, 2.75) is 6.54 Å². The number of benzene rings is 2. The van der Waals surface area contributed by atoms with E-state index in [1.54, 1.807) is 19.2 Å². The lowest BCUT2D eigenvalue weighted by Gasteiger charge is -2.18. The molecule has 3 nitrogen and oxygen atoms in total. The first-order valence-electron chi connectivity index (χ1n) is 6.13. The highest BCUT2D eigenvalue weighted by atomic mass is 35.5. The highest BCUT2D eigenvalue weighted by molar-refractivity contribution is 6.39. The molecule has 0 unspecified atom stereocenters. The Morgan fingerprint density at radius 1 is 1.24 bits per heavy atom. The van der Waals surface area contributed by atoms with Gasteiger partial charge in [0.15, 0.2) is 0 Å². The highest BCUT2D eigenvalue weighted by Crippen LogP contribution is 2.29. The molecule has 0 fully saturated rings. The maximum atomic E-state index is 13.1. The molecule has 0 spiro atoms. The van der Waals surface area contributed by atoms with Crippen molar-refractivity contribution in [1.82, 2.24) is 4.90 Å². The van der Waals surface area contributed by atoms with Crippen LogP contribution in [0, 0.1) is 5.82 Å². The standard InChI is InChI=1S/C15H13Cl2FN2O/c1-20(8-9-3-2-4-11(18)5-9)15(21)10-6-12(16)14(19)13(17)7-10/h2-7H,8,19H2,1H3. The summed E-state index contributed by atoms with van der Waals surface area (Å²) < 4.78 is 13.1. The predicted molar refractivity (Wildman–Crippen MR) is 83.1 cm³/mol. The Kier molecular flexibility index (Phi) is 4.70. The summed E-state index contributed by atoms with van der Waals surface area (Å²) in [6, 6.07) is 9.01. The van der Waals surface area contributed by atoms with Gasteiger partial charge in [-0.3, -0.25) is 4.79 Å². The van der Waals surface area contributed by atoms with Crippen molar-refractivity contribution in [3.63, 3.8) is 0 Å². The normalized spacial score (nSPS) is 10.5. The van der Waals surface area contributed by atoms with Crippen LogP contribution in [0.5, 0.6) is 0 Å². The number of carbonyl (C=O) groups is 1. The van der Waals surface area contributed by atoms with Crippen molar-refractivity contribution in [2.24, 2.45) is 0 Å². The molecule has 0 aliphatic heterocycles. The Morgan fingerprint density at radius 3 is 2.43 bits per heavy atom. The second kappa shape index (κ2) is 6.33. The van der Waals surface area contributed by atoms with E-state index < -0.39 is 0 Å². The summed E-state index contributed by atoms with van der Waals surface area (Å²) in [7, 11) is 1.62. The van der Waals surface area contributed by atoms with E-state index in [2.05, 4.69) is 0 Å². The topological polar surface area (TPSA) is 46.3 Å². The first-order chi connectivity index (χ1) is 9.88. The van der Waals surface area contributed by atoms with Gasteiger partial charge in [0.2, 0.25) is 0 Å². The Morgan fingerprint density at radius 2 is 1.86 bits per heavy atom. The summed E-state index contributed by atoms with van der Waals surface area (Å²) in [4.78, 5) is 13.8. The summed E-state index contributed by atoms with van der Waals surface area (Å²) in [5, 5.41) is 0.454. The molecule has 0 saturated heterocycles. The van der Waals surface area contributed by atoms with Gasteiger partial charge < -0.3 is 10.6 Å². The number of rotatable bonds is 3. The average molecular weight is 327 g/mol. The number of amides is 1. The van der Waals surface area contributed by atoms with Gasteiger partial charge in [-0.2, -0.15) is 0 Å². The van der Waals surface area contributed by atoms with Crippen molar-refractivity contribution in [2.75, 3.05) is 12.8 Å². The van der Waals surface area contributed by atoms with Gasteiger partial charge in [0.05, 0.1) is 15.7 Å². The molecule has 0 aliphatic rings. The van der Waals surface area contributed by atoms with Crippen LogP contribution in [0.4, 0.5) is 10.1 Å². The van der Waals surface area contributed by atoms with Gasteiger partial charge in [0.25, 0.3) is 5.91 Å². The van der Waals surface area contributed by atoms with Gasteiger partial charge in [0.1, 0.15) is 5.82 Å². The third kappa shape index (κ3) is 3.65. The van der Waals surface area contributed by atoms with Crippen molar-refractivity contribution in [3.8, 4) is 0 Å². The average Bonchev–Trinajstić information content (AvgIpc) is 2.43. The van der Waals surface area contributed by atoms with E-state index in [-0.39, 0.29) is 34.0 Å². The zero-order valence-corrected chi connectivity index (χ0v) is 12.7. The summed E-state index contributed by atoms with van der Waals surface area (Å²) in [5.74, 6) is -0.616. The van der Waals surface area contributed by atoms with Crippen LogP contribution in [0.3, 0.4) is 0 Å². The molecule has 0 aliphatic carbocycles. The Labute approximate surface area is 132 Å². The maximum absolute atomic E-state index is 13.1. The molecule has 6 heteroatoms. The summed E-state index contributed by atoms with van der Waals surface area (Å²) in [6.07, 6.45) is 0. The Balaban J connectivity index is 2.20.